The van der Waals surface area contributed by atoms with Crippen LogP contribution in [-0.4, -0.2) is 29.1 Å². The Balaban J connectivity index is 1.74. The summed E-state index contributed by atoms with van der Waals surface area (Å²) < 4.78 is 5.36. The predicted molar refractivity (Wildman–Crippen MR) is 116 cm³/mol. The van der Waals surface area contributed by atoms with Crippen molar-refractivity contribution in [1.82, 2.24) is 5.32 Å². The fraction of sp³-hybridized carbons (Fsp3) is 0.0870. The Hall–Kier alpha value is -4.04. The molecule has 1 amide bonds. The summed E-state index contributed by atoms with van der Waals surface area (Å²) in [6, 6.07) is 19.4. The SMILES string of the molecule is O=C(CNC(=O)c1ccc(Cl)cc1)O[C@@H](C(=O)c1ccccc1)c1ccc([N+](=O)[O-])cc1. The maximum atomic E-state index is 13.0. The third-order valence-corrected chi connectivity index (χ3v) is 4.70. The molecule has 0 saturated carbocycles. The molecule has 0 saturated heterocycles. The van der Waals surface area contributed by atoms with E-state index in [1.807, 2.05) is 0 Å². The van der Waals surface area contributed by atoms with Crippen LogP contribution in [0.15, 0.2) is 78.9 Å². The van der Waals surface area contributed by atoms with Crippen LogP contribution >= 0.6 is 11.6 Å². The van der Waals surface area contributed by atoms with Gasteiger partial charge in [-0.2, -0.15) is 0 Å². The Kier molecular flexibility index (Phi) is 7.30. The average Bonchev–Trinajstić information content (AvgIpc) is 2.81. The van der Waals surface area contributed by atoms with E-state index < -0.39 is 35.2 Å². The first kappa shape index (κ1) is 22.6. The summed E-state index contributed by atoms with van der Waals surface area (Å²) in [5, 5.41) is 13.8. The van der Waals surface area contributed by atoms with Gasteiger partial charge >= 0.3 is 5.97 Å². The zero-order chi connectivity index (χ0) is 23.1. The number of esters is 1. The molecule has 0 bridgehead atoms. The van der Waals surface area contributed by atoms with Crippen molar-refractivity contribution >= 4 is 34.9 Å². The number of rotatable bonds is 8. The van der Waals surface area contributed by atoms with Crippen LogP contribution in [0.2, 0.25) is 5.02 Å². The third kappa shape index (κ3) is 5.77. The van der Waals surface area contributed by atoms with E-state index in [2.05, 4.69) is 5.32 Å². The molecule has 8 nitrogen and oxygen atoms in total. The number of carbonyl (C=O) groups is 3. The minimum atomic E-state index is -1.34. The van der Waals surface area contributed by atoms with Crippen LogP contribution in [0.3, 0.4) is 0 Å². The quantitative estimate of drug-likeness (QED) is 0.237. The number of Topliss-reactive ketones (excluding diaryl/α,β-unsaturated/α-hetero) is 1. The lowest BCUT2D eigenvalue weighted by atomic mass is 9.99. The summed E-state index contributed by atoms with van der Waals surface area (Å²) in [5.41, 5.74) is 0.700. The maximum absolute atomic E-state index is 13.0. The molecule has 0 aliphatic heterocycles. The van der Waals surface area contributed by atoms with Crippen LogP contribution in [0, 0.1) is 10.1 Å². The fourth-order valence-corrected chi connectivity index (χ4v) is 2.95. The van der Waals surface area contributed by atoms with Crippen molar-refractivity contribution in [2.45, 2.75) is 6.10 Å². The zero-order valence-electron chi connectivity index (χ0n) is 16.6. The molecule has 0 unspecified atom stereocenters. The van der Waals surface area contributed by atoms with Gasteiger partial charge in [-0.15, -0.1) is 0 Å². The normalized spacial score (nSPS) is 11.3. The lowest BCUT2D eigenvalue weighted by Gasteiger charge is -2.17. The van der Waals surface area contributed by atoms with E-state index in [-0.39, 0.29) is 11.3 Å². The molecule has 162 valence electrons. The van der Waals surface area contributed by atoms with Crippen molar-refractivity contribution in [1.29, 1.82) is 0 Å². The van der Waals surface area contributed by atoms with E-state index in [9.17, 15) is 24.5 Å². The van der Waals surface area contributed by atoms with Crippen molar-refractivity contribution in [3.63, 3.8) is 0 Å². The second-order valence-corrected chi connectivity index (χ2v) is 7.07. The largest absolute Gasteiger partial charge is 0.448 e. The highest BCUT2D eigenvalue weighted by molar-refractivity contribution is 6.30. The lowest BCUT2D eigenvalue weighted by Crippen LogP contribution is -2.32. The van der Waals surface area contributed by atoms with Gasteiger partial charge in [0, 0.05) is 33.8 Å². The van der Waals surface area contributed by atoms with Gasteiger partial charge in [0.15, 0.2) is 6.10 Å². The summed E-state index contributed by atoms with van der Waals surface area (Å²) in [6.45, 7) is -0.479. The molecule has 1 atom stereocenters. The molecule has 0 radical (unpaired) electrons. The Morgan fingerprint density at radius 2 is 1.53 bits per heavy atom. The van der Waals surface area contributed by atoms with E-state index in [1.165, 1.54) is 48.5 Å². The molecule has 1 N–H and O–H groups in total. The monoisotopic (exact) mass is 452 g/mol. The zero-order valence-corrected chi connectivity index (χ0v) is 17.3. The molecule has 0 aliphatic carbocycles. The van der Waals surface area contributed by atoms with Gasteiger partial charge in [0.1, 0.15) is 6.54 Å². The number of hydrogen-bond donors (Lipinski definition) is 1. The van der Waals surface area contributed by atoms with Gasteiger partial charge < -0.3 is 10.1 Å². The van der Waals surface area contributed by atoms with Crippen LogP contribution < -0.4 is 5.32 Å². The molecule has 0 fully saturated rings. The summed E-state index contributed by atoms with van der Waals surface area (Å²) in [5.74, 6) is -1.86. The van der Waals surface area contributed by atoms with Gasteiger partial charge in [-0.1, -0.05) is 41.9 Å². The number of carbonyl (C=O) groups excluding carboxylic acids is 3. The number of amides is 1. The molecular weight excluding hydrogens is 436 g/mol. The number of nitro groups is 1. The van der Waals surface area contributed by atoms with Crippen molar-refractivity contribution in [2.24, 2.45) is 0 Å². The maximum Gasteiger partial charge on any atom is 0.326 e. The number of ether oxygens (including phenoxy) is 1. The van der Waals surface area contributed by atoms with Crippen molar-refractivity contribution in [2.75, 3.05) is 6.54 Å². The summed E-state index contributed by atoms with van der Waals surface area (Å²) in [7, 11) is 0. The second kappa shape index (κ2) is 10.3. The van der Waals surface area contributed by atoms with Crippen molar-refractivity contribution < 1.29 is 24.0 Å². The molecule has 3 rings (SSSR count). The molecule has 3 aromatic carbocycles. The first-order chi connectivity index (χ1) is 15.3. The molecular formula is C23H17ClN2O6. The summed E-state index contributed by atoms with van der Waals surface area (Å²) in [6.07, 6.45) is -1.34. The smallest absolute Gasteiger partial charge is 0.326 e. The number of ketones is 1. The Labute approximate surface area is 187 Å². The summed E-state index contributed by atoms with van der Waals surface area (Å²) in [4.78, 5) is 47.9. The molecule has 0 heterocycles. The Morgan fingerprint density at radius 1 is 0.906 bits per heavy atom. The van der Waals surface area contributed by atoms with E-state index >= 15 is 0 Å². The number of non-ortho nitro benzene ring substituents is 1. The molecule has 3 aromatic rings. The predicted octanol–water partition coefficient (Wildman–Crippen LogP) is 4.15. The molecule has 0 aliphatic rings. The van der Waals surface area contributed by atoms with Crippen molar-refractivity contribution in [3.05, 3.63) is 111 Å². The average molecular weight is 453 g/mol. The lowest BCUT2D eigenvalue weighted by molar-refractivity contribution is -0.384. The minimum Gasteiger partial charge on any atom is -0.448 e. The van der Waals surface area contributed by atoms with Crippen LogP contribution in [0.1, 0.15) is 32.4 Å². The number of nitrogens with zero attached hydrogens (tertiary/aromatic N) is 1. The molecule has 32 heavy (non-hydrogen) atoms. The Bertz CT molecular complexity index is 1130. The molecule has 0 aromatic heterocycles. The Morgan fingerprint density at radius 3 is 2.12 bits per heavy atom. The number of nitrogens with one attached hydrogen (secondary N) is 1. The number of hydrogen-bond acceptors (Lipinski definition) is 6. The number of halogens is 1. The first-order valence-corrected chi connectivity index (χ1v) is 9.80. The standard InChI is InChI=1S/C23H17ClN2O6/c24-18-10-6-17(7-11-18)23(29)25-14-20(27)32-22(21(28)15-4-2-1-3-5-15)16-8-12-19(13-9-16)26(30)31/h1-13,22H,14H2,(H,25,29)/t22-/m1/s1. The van der Waals surface area contributed by atoms with Gasteiger partial charge in [-0.05, 0) is 36.4 Å². The summed E-state index contributed by atoms with van der Waals surface area (Å²) >= 11 is 5.79. The van der Waals surface area contributed by atoms with Gasteiger partial charge in [0.25, 0.3) is 11.6 Å². The van der Waals surface area contributed by atoms with Gasteiger partial charge in [-0.25, -0.2) is 0 Å². The second-order valence-electron chi connectivity index (χ2n) is 6.64. The van der Waals surface area contributed by atoms with Gasteiger partial charge in [0.05, 0.1) is 4.92 Å². The molecule has 0 spiro atoms. The highest BCUT2D eigenvalue weighted by Crippen LogP contribution is 2.25. The first-order valence-electron chi connectivity index (χ1n) is 9.42. The highest BCUT2D eigenvalue weighted by Gasteiger charge is 2.27. The van der Waals surface area contributed by atoms with Crippen LogP contribution in [0.4, 0.5) is 5.69 Å². The van der Waals surface area contributed by atoms with Crippen LogP contribution in [-0.2, 0) is 9.53 Å². The van der Waals surface area contributed by atoms with Crippen molar-refractivity contribution in [3.8, 4) is 0 Å². The molecule has 9 heteroatoms. The fourth-order valence-electron chi connectivity index (χ4n) is 2.83. The third-order valence-electron chi connectivity index (χ3n) is 4.45. The van der Waals surface area contributed by atoms with Crippen LogP contribution in [0.5, 0.6) is 0 Å². The number of benzene rings is 3. The number of nitro benzene ring substituents is 1. The van der Waals surface area contributed by atoms with Gasteiger partial charge in [-0.3, -0.25) is 24.5 Å². The van der Waals surface area contributed by atoms with E-state index in [1.54, 1.807) is 30.3 Å². The van der Waals surface area contributed by atoms with E-state index in [0.717, 1.165) is 0 Å². The topological polar surface area (TPSA) is 116 Å². The minimum absolute atomic E-state index is 0.166. The van der Waals surface area contributed by atoms with Gasteiger partial charge in [0.2, 0.25) is 5.78 Å². The van der Waals surface area contributed by atoms with E-state index in [4.69, 9.17) is 16.3 Å². The van der Waals surface area contributed by atoms with E-state index in [0.29, 0.717) is 16.1 Å². The van der Waals surface area contributed by atoms with Crippen LogP contribution in [0.25, 0.3) is 0 Å². The highest BCUT2D eigenvalue weighted by atomic mass is 35.5.